The van der Waals surface area contributed by atoms with E-state index < -0.39 is 23.4 Å². The number of carbonyl (C=O) groups excluding carboxylic acids is 1. The van der Waals surface area contributed by atoms with E-state index in [1.165, 1.54) is 0 Å². The van der Waals surface area contributed by atoms with Gasteiger partial charge in [0.25, 0.3) is 0 Å². The molecule has 0 aromatic heterocycles. The minimum absolute atomic E-state index is 0.0470. The Labute approximate surface area is 149 Å². The number of fused-ring (bicyclic) bond motifs is 1. The molecular formula is C20H30O5. The standard InChI is InChI=1S/C20H30O5/c1-12-9-16(21)20(3)14(18(23)24)5-4-6-15(20)19(12,2)8-7-13-10-17(22)25-11-13/h10,12,14-16,21H,4-9,11H2,1-3H3,(H,23,24). The highest BCUT2D eigenvalue weighted by Crippen LogP contribution is 2.63. The number of aliphatic carboxylic acids is 1. The van der Waals surface area contributed by atoms with Gasteiger partial charge in [-0.2, -0.15) is 0 Å². The molecule has 140 valence electrons. The van der Waals surface area contributed by atoms with Crippen LogP contribution < -0.4 is 0 Å². The van der Waals surface area contributed by atoms with Crippen molar-refractivity contribution in [1.82, 2.24) is 0 Å². The van der Waals surface area contributed by atoms with Gasteiger partial charge in [-0.05, 0) is 54.9 Å². The van der Waals surface area contributed by atoms with Gasteiger partial charge in [0, 0.05) is 11.5 Å². The van der Waals surface area contributed by atoms with Gasteiger partial charge in [0.15, 0.2) is 0 Å². The number of ether oxygens (including phenoxy) is 1. The number of carbonyl (C=O) groups is 2. The van der Waals surface area contributed by atoms with E-state index in [0.717, 1.165) is 31.3 Å². The Kier molecular flexibility index (Phi) is 4.73. The van der Waals surface area contributed by atoms with Gasteiger partial charge in [-0.25, -0.2) is 4.79 Å². The van der Waals surface area contributed by atoms with Crippen LogP contribution in [-0.2, 0) is 14.3 Å². The first kappa shape index (κ1) is 18.4. The molecule has 5 heteroatoms. The van der Waals surface area contributed by atoms with E-state index in [2.05, 4.69) is 13.8 Å². The van der Waals surface area contributed by atoms with Crippen molar-refractivity contribution in [3.8, 4) is 0 Å². The van der Waals surface area contributed by atoms with Crippen molar-refractivity contribution in [3.63, 3.8) is 0 Å². The lowest BCUT2D eigenvalue weighted by Crippen LogP contribution is -2.60. The highest BCUT2D eigenvalue weighted by molar-refractivity contribution is 5.85. The highest BCUT2D eigenvalue weighted by Gasteiger charge is 2.61. The predicted octanol–water partition coefficient (Wildman–Crippen LogP) is 3.16. The molecule has 0 saturated heterocycles. The first-order valence-corrected chi connectivity index (χ1v) is 9.46. The van der Waals surface area contributed by atoms with Crippen LogP contribution in [0.15, 0.2) is 11.6 Å². The lowest BCUT2D eigenvalue weighted by molar-refractivity contribution is -0.194. The number of hydrogen-bond donors (Lipinski definition) is 2. The molecule has 25 heavy (non-hydrogen) atoms. The Hall–Kier alpha value is -1.36. The van der Waals surface area contributed by atoms with E-state index in [1.807, 2.05) is 6.92 Å². The topological polar surface area (TPSA) is 83.8 Å². The summed E-state index contributed by atoms with van der Waals surface area (Å²) >= 11 is 0. The molecule has 0 amide bonds. The van der Waals surface area contributed by atoms with Crippen molar-refractivity contribution >= 4 is 11.9 Å². The summed E-state index contributed by atoms with van der Waals surface area (Å²) in [6.07, 6.45) is 5.87. The Morgan fingerprint density at radius 2 is 2.08 bits per heavy atom. The zero-order valence-electron chi connectivity index (χ0n) is 15.5. The maximum atomic E-state index is 11.9. The van der Waals surface area contributed by atoms with Gasteiger partial charge in [0.05, 0.1) is 12.0 Å². The van der Waals surface area contributed by atoms with Crippen molar-refractivity contribution in [1.29, 1.82) is 0 Å². The van der Waals surface area contributed by atoms with E-state index in [1.54, 1.807) is 6.08 Å². The fourth-order valence-corrected chi connectivity index (χ4v) is 5.90. The SMILES string of the molecule is CC1CC(O)C2(C)C(C(=O)O)CCCC2C1(C)CCC1=CC(=O)OC1. The van der Waals surface area contributed by atoms with Gasteiger partial charge >= 0.3 is 11.9 Å². The van der Waals surface area contributed by atoms with Crippen LogP contribution in [0.2, 0.25) is 0 Å². The molecule has 0 aromatic carbocycles. The van der Waals surface area contributed by atoms with E-state index in [-0.39, 0.29) is 17.3 Å². The minimum atomic E-state index is -0.777. The van der Waals surface area contributed by atoms with Crippen LogP contribution in [-0.4, -0.2) is 34.9 Å². The van der Waals surface area contributed by atoms with Gasteiger partial charge in [0.2, 0.25) is 0 Å². The number of cyclic esters (lactones) is 1. The average Bonchev–Trinajstić information content (AvgIpc) is 2.96. The molecule has 6 unspecified atom stereocenters. The summed E-state index contributed by atoms with van der Waals surface area (Å²) in [6, 6.07) is 0. The summed E-state index contributed by atoms with van der Waals surface area (Å²) in [7, 11) is 0. The fraction of sp³-hybridized carbons (Fsp3) is 0.800. The van der Waals surface area contributed by atoms with Gasteiger partial charge in [-0.1, -0.05) is 27.2 Å². The molecule has 0 aromatic rings. The number of aliphatic hydroxyl groups excluding tert-OH is 1. The summed E-state index contributed by atoms with van der Waals surface area (Å²) in [6.45, 7) is 6.81. The number of esters is 1. The largest absolute Gasteiger partial charge is 0.481 e. The quantitative estimate of drug-likeness (QED) is 0.761. The van der Waals surface area contributed by atoms with Crippen molar-refractivity contribution in [3.05, 3.63) is 11.6 Å². The zero-order chi connectivity index (χ0) is 18.4. The third-order valence-corrected chi connectivity index (χ3v) is 7.71. The van der Waals surface area contributed by atoms with Crippen LogP contribution in [0.25, 0.3) is 0 Å². The molecule has 1 heterocycles. The Morgan fingerprint density at radius 1 is 1.36 bits per heavy atom. The van der Waals surface area contributed by atoms with E-state index in [0.29, 0.717) is 25.4 Å². The first-order chi connectivity index (χ1) is 11.7. The molecule has 2 N–H and O–H groups in total. The third-order valence-electron chi connectivity index (χ3n) is 7.71. The normalized spacial score (nSPS) is 44.0. The summed E-state index contributed by atoms with van der Waals surface area (Å²) in [5.41, 5.74) is 0.396. The second kappa shape index (κ2) is 6.42. The van der Waals surface area contributed by atoms with Crippen molar-refractivity contribution in [2.75, 3.05) is 6.61 Å². The maximum absolute atomic E-state index is 11.9. The number of rotatable bonds is 4. The summed E-state index contributed by atoms with van der Waals surface area (Å²) < 4.78 is 5.01. The second-order valence-corrected chi connectivity index (χ2v) is 8.81. The molecule has 2 aliphatic carbocycles. The maximum Gasteiger partial charge on any atom is 0.331 e. The molecule has 6 atom stereocenters. The number of carboxylic acid groups (broad SMARTS) is 1. The van der Waals surface area contributed by atoms with Gasteiger partial charge in [-0.3, -0.25) is 4.79 Å². The summed E-state index contributed by atoms with van der Waals surface area (Å²) in [5, 5.41) is 20.6. The van der Waals surface area contributed by atoms with E-state index in [4.69, 9.17) is 4.74 Å². The lowest BCUT2D eigenvalue weighted by Gasteiger charge is -2.61. The summed E-state index contributed by atoms with van der Waals surface area (Å²) in [4.78, 5) is 23.2. The van der Waals surface area contributed by atoms with Crippen LogP contribution in [0.3, 0.4) is 0 Å². The van der Waals surface area contributed by atoms with Gasteiger partial charge in [-0.15, -0.1) is 0 Å². The van der Waals surface area contributed by atoms with Gasteiger partial charge < -0.3 is 14.9 Å². The molecule has 0 radical (unpaired) electrons. The Bertz CT molecular complexity index is 597. The minimum Gasteiger partial charge on any atom is -0.481 e. The van der Waals surface area contributed by atoms with E-state index in [9.17, 15) is 19.8 Å². The molecule has 0 spiro atoms. The Balaban J connectivity index is 1.88. The number of carboxylic acids is 1. The monoisotopic (exact) mass is 350 g/mol. The Morgan fingerprint density at radius 3 is 2.68 bits per heavy atom. The third kappa shape index (κ3) is 2.90. The molecule has 2 fully saturated rings. The molecule has 2 saturated carbocycles. The van der Waals surface area contributed by atoms with Crippen LogP contribution >= 0.6 is 0 Å². The van der Waals surface area contributed by atoms with Crippen molar-refractivity contribution < 1.29 is 24.5 Å². The smallest absolute Gasteiger partial charge is 0.331 e. The van der Waals surface area contributed by atoms with Crippen molar-refractivity contribution in [2.24, 2.45) is 28.6 Å². The predicted molar refractivity (Wildman–Crippen MR) is 92.7 cm³/mol. The molecule has 0 bridgehead atoms. The first-order valence-electron chi connectivity index (χ1n) is 9.46. The summed E-state index contributed by atoms with van der Waals surface area (Å²) in [5.74, 6) is -1.04. The van der Waals surface area contributed by atoms with Crippen LogP contribution in [0.5, 0.6) is 0 Å². The van der Waals surface area contributed by atoms with E-state index >= 15 is 0 Å². The number of hydrogen-bond acceptors (Lipinski definition) is 4. The zero-order valence-corrected chi connectivity index (χ0v) is 15.5. The lowest BCUT2D eigenvalue weighted by atomic mass is 9.43. The molecule has 5 nitrogen and oxygen atoms in total. The number of aliphatic hydroxyl groups is 1. The molecule has 1 aliphatic heterocycles. The second-order valence-electron chi connectivity index (χ2n) is 8.81. The van der Waals surface area contributed by atoms with Crippen LogP contribution in [0.1, 0.15) is 59.3 Å². The average molecular weight is 350 g/mol. The van der Waals surface area contributed by atoms with Gasteiger partial charge in [0.1, 0.15) is 6.61 Å². The molecule has 3 rings (SSSR count). The van der Waals surface area contributed by atoms with Crippen LogP contribution in [0, 0.1) is 28.6 Å². The van der Waals surface area contributed by atoms with Crippen molar-refractivity contribution in [2.45, 2.75) is 65.4 Å². The van der Waals surface area contributed by atoms with Crippen LogP contribution in [0.4, 0.5) is 0 Å². The molecule has 3 aliphatic rings. The molecular weight excluding hydrogens is 320 g/mol. The fourth-order valence-electron chi connectivity index (χ4n) is 5.90. The highest BCUT2D eigenvalue weighted by atomic mass is 16.5.